The van der Waals surface area contributed by atoms with Crippen LogP contribution in [-0.2, 0) is 0 Å². The van der Waals surface area contributed by atoms with Crippen molar-refractivity contribution in [1.82, 2.24) is 0 Å². The number of hydrogen-bond donors (Lipinski definition) is 0. The molecule has 26 heavy (non-hydrogen) atoms. The Bertz CT molecular complexity index is 510. The molecule has 0 unspecified atom stereocenters. The SMILES string of the molecule is CSC1=C(SC)SC(=C2SC=C(SCCCCCCCCCCI)S2)S1. The molecule has 148 valence electrons. The topological polar surface area (TPSA) is 0 Å². The molecule has 8 heteroatoms. The molecule has 0 aromatic heterocycles. The number of hydrogen-bond acceptors (Lipinski definition) is 7. The molecule has 2 aliphatic heterocycles. The van der Waals surface area contributed by atoms with Crippen molar-refractivity contribution in [3.63, 3.8) is 0 Å². The average molecular weight is 595 g/mol. The van der Waals surface area contributed by atoms with Crippen molar-refractivity contribution < 1.29 is 0 Å². The van der Waals surface area contributed by atoms with E-state index in [0.29, 0.717) is 0 Å². The van der Waals surface area contributed by atoms with Gasteiger partial charge in [0.15, 0.2) is 0 Å². The molecule has 0 saturated heterocycles. The molecule has 0 fully saturated rings. The second-order valence-corrected chi connectivity index (χ2v) is 14.9. The third kappa shape index (κ3) is 9.04. The summed E-state index contributed by atoms with van der Waals surface area (Å²) in [6, 6.07) is 0. The predicted molar refractivity (Wildman–Crippen MR) is 148 cm³/mol. The number of halogens is 1. The molecule has 0 aliphatic carbocycles. The summed E-state index contributed by atoms with van der Waals surface area (Å²) in [5, 5.41) is 2.36. The van der Waals surface area contributed by atoms with Crippen molar-refractivity contribution in [3.8, 4) is 0 Å². The van der Waals surface area contributed by atoms with Crippen molar-refractivity contribution in [2.24, 2.45) is 0 Å². The lowest BCUT2D eigenvalue weighted by molar-refractivity contribution is 0.589. The van der Waals surface area contributed by atoms with E-state index in [1.165, 1.54) is 82.7 Å². The Morgan fingerprint density at radius 3 is 1.92 bits per heavy atom. The first-order chi connectivity index (χ1) is 12.8. The van der Waals surface area contributed by atoms with Crippen molar-refractivity contribution in [2.45, 2.75) is 51.4 Å². The number of thioether (sulfide) groups is 7. The first-order valence-corrected chi connectivity index (χ1v) is 17.2. The van der Waals surface area contributed by atoms with Crippen LogP contribution < -0.4 is 0 Å². The largest absolute Gasteiger partial charge is 0.121 e. The molecule has 0 saturated carbocycles. The lowest BCUT2D eigenvalue weighted by Crippen LogP contribution is -1.83. The predicted octanol–water partition coefficient (Wildman–Crippen LogP) is 10.0. The molecule has 0 nitrogen and oxygen atoms in total. The second-order valence-electron chi connectivity index (χ2n) is 5.78. The summed E-state index contributed by atoms with van der Waals surface area (Å²) in [5.74, 6) is 1.28. The lowest BCUT2D eigenvalue weighted by atomic mass is 10.1. The lowest BCUT2D eigenvalue weighted by Gasteiger charge is -2.04. The fourth-order valence-electron chi connectivity index (χ4n) is 2.43. The summed E-state index contributed by atoms with van der Waals surface area (Å²) in [6.07, 6.45) is 15.7. The first-order valence-electron chi connectivity index (χ1n) is 8.94. The van der Waals surface area contributed by atoms with Crippen LogP contribution in [-0.4, -0.2) is 22.7 Å². The van der Waals surface area contributed by atoms with Gasteiger partial charge in [0.1, 0.15) is 0 Å². The average Bonchev–Trinajstić information content (AvgIpc) is 3.29. The second kappa shape index (κ2) is 15.2. The maximum absolute atomic E-state index is 2.48. The number of alkyl halides is 1. The molecule has 0 N–H and O–H groups in total. The highest BCUT2D eigenvalue weighted by Gasteiger charge is 2.26. The van der Waals surface area contributed by atoms with Crippen LogP contribution in [0.1, 0.15) is 51.4 Å². The van der Waals surface area contributed by atoms with Crippen molar-refractivity contribution in [1.29, 1.82) is 0 Å². The van der Waals surface area contributed by atoms with Gasteiger partial charge in [-0.05, 0) is 40.9 Å². The summed E-state index contributed by atoms with van der Waals surface area (Å²) in [4.78, 5) is 0. The molecular formula is C18H27IS7. The summed E-state index contributed by atoms with van der Waals surface area (Å²) < 4.78 is 8.75. The molecule has 0 radical (unpaired) electrons. The molecule has 2 rings (SSSR count). The minimum atomic E-state index is 1.28. The van der Waals surface area contributed by atoms with Crippen LogP contribution >= 0.6 is 105 Å². The molecule has 0 bridgehead atoms. The van der Waals surface area contributed by atoms with E-state index in [-0.39, 0.29) is 0 Å². The molecule has 0 amide bonds. The van der Waals surface area contributed by atoms with Gasteiger partial charge in [0.05, 0.1) is 21.2 Å². The maximum Gasteiger partial charge on any atom is 0.0717 e. The first kappa shape index (κ1) is 24.7. The number of rotatable bonds is 13. The van der Waals surface area contributed by atoms with Gasteiger partial charge in [-0.1, -0.05) is 108 Å². The summed E-state index contributed by atoms with van der Waals surface area (Å²) >= 11 is 16.2. The van der Waals surface area contributed by atoms with E-state index in [9.17, 15) is 0 Å². The smallest absolute Gasteiger partial charge is 0.0717 e. The van der Waals surface area contributed by atoms with Gasteiger partial charge in [-0.25, -0.2) is 0 Å². The van der Waals surface area contributed by atoms with Gasteiger partial charge in [0.25, 0.3) is 0 Å². The van der Waals surface area contributed by atoms with Gasteiger partial charge >= 0.3 is 0 Å². The quantitative estimate of drug-likeness (QED) is 0.117. The summed E-state index contributed by atoms with van der Waals surface area (Å²) in [6.45, 7) is 0. The van der Waals surface area contributed by atoms with E-state index in [0.717, 1.165) is 0 Å². The Kier molecular flexibility index (Phi) is 14.5. The monoisotopic (exact) mass is 594 g/mol. The van der Waals surface area contributed by atoms with E-state index in [1.54, 1.807) is 0 Å². The fourth-order valence-corrected chi connectivity index (χ4v) is 12.0. The zero-order chi connectivity index (χ0) is 18.6. The van der Waals surface area contributed by atoms with Crippen LogP contribution in [0, 0.1) is 0 Å². The Labute approximate surface area is 203 Å². The van der Waals surface area contributed by atoms with Crippen LogP contribution in [0.2, 0.25) is 0 Å². The molecule has 0 aromatic rings. The summed E-state index contributed by atoms with van der Waals surface area (Å²) in [5.41, 5.74) is 0. The highest BCUT2D eigenvalue weighted by molar-refractivity contribution is 14.1. The van der Waals surface area contributed by atoms with E-state index in [4.69, 9.17) is 0 Å². The summed E-state index contributed by atoms with van der Waals surface area (Å²) in [7, 11) is 0. The minimum absolute atomic E-state index is 1.28. The molecule has 2 aliphatic rings. The van der Waals surface area contributed by atoms with Crippen molar-refractivity contribution in [3.05, 3.63) is 26.6 Å². The van der Waals surface area contributed by atoms with E-state index in [1.807, 2.05) is 70.6 Å². The molecule has 0 atom stereocenters. The van der Waals surface area contributed by atoms with Gasteiger partial charge in [-0.2, -0.15) is 0 Å². The van der Waals surface area contributed by atoms with Gasteiger partial charge in [0.2, 0.25) is 0 Å². The standard InChI is InChI=1S/C18H27IS7/c1-20-15-16(21-2)26-18(25-15)17-23-13-14(24-17)22-12-10-8-6-4-3-5-7-9-11-19/h13H,3-12H2,1-2H3. The fraction of sp³-hybridized carbons (Fsp3) is 0.667. The zero-order valence-corrected chi connectivity index (χ0v) is 23.3. The molecule has 0 spiro atoms. The Morgan fingerprint density at radius 2 is 1.35 bits per heavy atom. The normalized spacial score (nSPS) is 17.6. The third-order valence-electron chi connectivity index (χ3n) is 3.80. The Morgan fingerprint density at radius 1 is 0.769 bits per heavy atom. The Hall–Kier alpha value is 2.40. The van der Waals surface area contributed by atoms with E-state index < -0.39 is 0 Å². The minimum Gasteiger partial charge on any atom is -0.121 e. The van der Waals surface area contributed by atoms with Crippen LogP contribution in [0.4, 0.5) is 0 Å². The van der Waals surface area contributed by atoms with Crippen LogP contribution in [0.3, 0.4) is 0 Å². The van der Waals surface area contributed by atoms with Gasteiger partial charge < -0.3 is 0 Å². The molecule has 2 heterocycles. The van der Waals surface area contributed by atoms with Gasteiger partial charge in [-0.15, -0.1) is 35.3 Å². The highest BCUT2D eigenvalue weighted by Crippen LogP contribution is 2.62. The Balaban J connectivity index is 1.54. The van der Waals surface area contributed by atoms with Crippen LogP contribution in [0.15, 0.2) is 26.6 Å². The third-order valence-corrected chi connectivity index (χ3v) is 14.1. The van der Waals surface area contributed by atoms with Gasteiger partial charge in [0, 0.05) is 0 Å². The van der Waals surface area contributed by atoms with Gasteiger partial charge in [-0.3, -0.25) is 0 Å². The van der Waals surface area contributed by atoms with Crippen molar-refractivity contribution >= 4 is 105 Å². The van der Waals surface area contributed by atoms with E-state index in [2.05, 4.69) is 52.3 Å². The highest BCUT2D eigenvalue weighted by atomic mass is 127. The van der Waals surface area contributed by atoms with Crippen molar-refractivity contribution in [2.75, 3.05) is 22.7 Å². The number of unbranched alkanes of at least 4 members (excludes halogenated alkanes) is 7. The zero-order valence-electron chi connectivity index (χ0n) is 15.4. The van der Waals surface area contributed by atoms with Crippen LogP contribution in [0.5, 0.6) is 0 Å². The maximum atomic E-state index is 2.48. The van der Waals surface area contributed by atoms with E-state index >= 15 is 0 Å². The molecule has 0 aromatic carbocycles. The van der Waals surface area contributed by atoms with Crippen LogP contribution in [0.25, 0.3) is 0 Å². The molecular weight excluding hydrogens is 568 g/mol.